The van der Waals surface area contributed by atoms with Gasteiger partial charge in [0.25, 0.3) is 0 Å². The first-order chi connectivity index (χ1) is 9.52. The third kappa shape index (κ3) is 2.77. The lowest BCUT2D eigenvalue weighted by molar-refractivity contribution is 0.0661. The van der Waals surface area contributed by atoms with Gasteiger partial charge in [0.1, 0.15) is 5.75 Å². The summed E-state index contributed by atoms with van der Waals surface area (Å²) >= 11 is 0. The highest BCUT2D eigenvalue weighted by atomic mass is 16.4. The van der Waals surface area contributed by atoms with E-state index >= 15 is 0 Å². The Balaban J connectivity index is 2.31. The number of carbonyl (C=O) groups is 1. The van der Waals surface area contributed by atoms with Crippen molar-refractivity contribution in [3.63, 3.8) is 0 Å². The average Bonchev–Trinajstić information content (AvgIpc) is 2.87. The van der Waals surface area contributed by atoms with Gasteiger partial charge in [0, 0.05) is 30.4 Å². The molecule has 0 aliphatic carbocycles. The summed E-state index contributed by atoms with van der Waals surface area (Å²) in [4.78, 5) is 13.1. The van der Waals surface area contributed by atoms with Gasteiger partial charge < -0.3 is 19.5 Å². The van der Waals surface area contributed by atoms with Crippen LogP contribution in [-0.2, 0) is 6.54 Å². The fourth-order valence-electron chi connectivity index (χ4n) is 2.16. The van der Waals surface area contributed by atoms with Gasteiger partial charge in [-0.05, 0) is 31.5 Å². The van der Waals surface area contributed by atoms with Crippen molar-refractivity contribution in [2.75, 3.05) is 11.4 Å². The Morgan fingerprint density at radius 3 is 2.75 bits per heavy atom. The minimum absolute atomic E-state index is 0.0405. The van der Waals surface area contributed by atoms with Gasteiger partial charge in [-0.2, -0.15) is 0 Å². The van der Waals surface area contributed by atoms with Crippen LogP contribution in [0.3, 0.4) is 0 Å². The monoisotopic (exact) mass is 275 g/mol. The molecule has 5 heteroatoms. The highest BCUT2D eigenvalue weighted by Crippen LogP contribution is 2.27. The number of furan rings is 1. The van der Waals surface area contributed by atoms with Crippen molar-refractivity contribution in [3.05, 3.63) is 47.4 Å². The normalized spacial score (nSPS) is 10.5. The summed E-state index contributed by atoms with van der Waals surface area (Å²) in [5.41, 5.74) is 2.51. The molecule has 0 bridgehead atoms. The molecular weight excluding hydrogens is 258 g/mol. The third-order valence-electron chi connectivity index (χ3n) is 3.22. The number of hydrogen-bond donors (Lipinski definition) is 2. The number of nitrogens with zero attached hydrogens (tertiary/aromatic N) is 1. The number of carboxylic acids is 1. The summed E-state index contributed by atoms with van der Waals surface area (Å²) in [6, 6.07) is 6.80. The highest BCUT2D eigenvalue weighted by Gasteiger charge is 2.17. The van der Waals surface area contributed by atoms with Crippen LogP contribution in [-0.4, -0.2) is 22.7 Å². The standard InChI is InChI=1S/C15H17NO4/c1-3-16(13-8-12(17)5-4-10(13)2)9-11-6-7-20-14(11)15(18)19/h4-8,17H,3,9H2,1-2H3,(H,18,19). The fourth-order valence-corrected chi connectivity index (χ4v) is 2.16. The molecular formula is C15H17NO4. The number of phenolic OH excluding ortho intramolecular Hbond substituents is 1. The maximum absolute atomic E-state index is 11.1. The summed E-state index contributed by atoms with van der Waals surface area (Å²) in [6.07, 6.45) is 1.38. The summed E-state index contributed by atoms with van der Waals surface area (Å²) in [6.45, 7) is 5.03. The van der Waals surface area contributed by atoms with Crippen molar-refractivity contribution in [3.8, 4) is 5.75 Å². The van der Waals surface area contributed by atoms with Crippen molar-refractivity contribution in [1.29, 1.82) is 0 Å². The molecule has 0 aliphatic rings. The number of aromatic hydroxyl groups is 1. The number of benzene rings is 1. The molecule has 0 fully saturated rings. The predicted octanol–water partition coefficient (Wildman–Crippen LogP) is 3.02. The van der Waals surface area contributed by atoms with E-state index in [-0.39, 0.29) is 11.5 Å². The molecule has 0 saturated carbocycles. The minimum Gasteiger partial charge on any atom is -0.508 e. The van der Waals surface area contributed by atoms with Gasteiger partial charge in [-0.15, -0.1) is 0 Å². The van der Waals surface area contributed by atoms with Gasteiger partial charge in [-0.1, -0.05) is 6.07 Å². The van der Waals surface area contributed by atoms with Gasteiger partial charge >= 0.3 is 5.97 Å². The zero-order valence-corrected chi connectivity index (χ0v) is 11.5. The Labute approximate surface area is 117 Å². The summed E-state index contributed by atoms with van der Waals surface area (Å²) < 4.78 is 4.99. The Bertz CT molecular complexity index is 618. The van der Waals surface area contributed by atoms with Crippen LogP contribution < -0.4 is 4.90 Å². The van der Waals surface area contributed by atoms with Crippen molar-refractivity contribution in [1.82, 2.24) is 0 Å². The Morgan fingerprint density at radius 1 is 1.35 bits per heavy atom. The third-order valence-corrected chi connectivity index (χ3v) is 3.22. The first kappa shape index (κ1) is 14.0. The molecule has 1 heterocycles. The van der Waals surface area contributed by atoms with E-state index in [0.29, 0.717) is 18.7 Å². The molecule has 0 aliphatic heterocycles. The molecule has 20 heavy (non-hydrogen) atoms. The molecule has 0 saturated heterocycles. The van der Waals surface area contributed by atoms with Crippen LogP contribution in [0.15, 0.2) is 34.9 Å². The van der Waals surface area contributed by atoms with Gasteiger partial charge in [0.15, 0.2) is 0 Å². The molecule has 1 aromatic carbocycles. The fraction of sp³-hybridized carbons (Fsp3) is 0.267. The first-order valence-corrected chi connectivity index (χ1v) is 6.37. The largest absolute Gasteiger partial charge is 0.508 e. The van der Waals surface area contributed by atoms with Crippen LogP contribution in [0.2, 0.25) is 0 Å². The number of hydrogen-bond acceptors (Lipinski definition) is 4. The molecule has 106 valence electrons. The van der Waals surface area contributed by atoms with E-state index in [9.17, 15) is 9.90 Å². The predicted molar refractivity (Wildman–Crippen MR) is 75.2 cm³/mol. The van der Waals surface area contributed by atoms with Crippen molar-refractivity contribution >= 4 is 11.7 Å². The number of anilines is 1. The van der Waals surface area contributed by atoms with E-state index in [0.717, 1.165) is 11.3 Å². The van der Waals surface area contributed by atoms with E-state index < -0.39 is 5.97 Å². The lowest BCUT2D eigenvalue weighted by Crippen LogP contribution is -2.23. The van der Waals surface area contributed by atoms with Crippen molar-refractivity contribution < 1.29 is 19.4 Å². The van der Waals surface area contributed by atoms with Crippen molar-refractivity contribution in [2.45, 2.75) is 20.4 Å². The van der Waals surface area contributed by atoms with Crippen LogP contribution in [0.5, 0.6) is 5.75 Å². The van der Waals surface area contributed by atoms with Crippen LogP contribution in [0.1, 0.15) is 28.6 Å². The summed E-state index contributed by atoms with van der Waals surface area (Å²) in [5, 5.41) is 18.7. The Hall–Kier alpha value is -2.43. The quantitative estimate of drug-likeness (QED) is 0.877. The van der Waals surface area contributed by atoms with E-state index in [2.05, 4.69) is 0 Å². The van der Waals surface area contributed by atoms with Gasteiger partial charge in [-0.25, -0.2) is 4.79 Å². The molecule has 0 radical (unpaired) electrons. The molecule has 2 aromatic rings. The molecule has 2 rings (SSSR count). The minimum atomic E-state index is -1.08. The lowest BCUT2D eigenvalue weighted by Gasteiger charge is -2.24. The van der Waals surface area contributed by atoms with Gasteiger partial charge in [0.2, 0.25) is 5.76 Å². The highest BCUT2D eigenvalue weighted by molar-refractivity contribution is 5.86. The zero-order valence-electron chi connectivity index (χ0n) is 11.5. The number of aromatic carboxylic acids is 1. The number of rotatable bonds is 5. The smallest absolute Gasteiger partial charge is 0.372 e. The SMILES string of the molecule is CCN(Cc1ccoc1C(=O)O)c1cc(O)ccc1C. The maximum Gasteiger partial charge on any atom is 0.372 e. The molecule has 0 unspecified atom stereocenters. The lowest BCUT2D eigenvalue weighted by atomic mass is 10.1. The van der Waals surface area contributed by atoms with Crippen LogP contribution >= 0.6 is 0 Å². The number of phenols is 1. The topological polar surface area (TPSA) is 73.9 Å². The van der Waals surface area contributed by atoms with Gasteiger partial charge in [0.05, 0.1) is 6.26 Å². The molecule has 5 nitrogen and oxygen atoms in total. The van der Waals surface area contributed by atoms with Crippen LogP contribution in [0.4, 0.5) is 5.69 Å². The van der Waals surface area contributed by atoms with E-state index in [1.807, 2.05) is 24.8 Å². The molecule has 2 N–H and O–H groups in total. The van der Waals surface area contributed by atoms with Gasteiger partial charge in [-0.3, -0.25) is 0 Å². The molecule has 0 spiro atoms. The van der Waals surface area contributed by atoms with E-state index in [1.54, 1.807) is 18.2 Å². The second-order valence-corrected chi connectivity index (χ2v) is 4.57. The van der Waals surface area contributed by atoms with E-state index in [1.165, 1.54) is 6.26 Å². The second-order valence-electron chi connectivity index (χ2n) is 4.57. The second kappa shape index (κ2) is 5.69. The van der Waals surface area contributed by atoms with Crippen molar-refractivity contribution in [2.24, 2.45) is 0 Å². The van der Waals surface area contributed by atoms with Crippen LogP contribution in [0.25, 0.3) is 0 Å². The Morgan fingerprint density at radius 2 is 2.10 bits per heavy atom. The Kier molecular flexibility index (Phi) is 3.98. The molecule has 0 amide bonds. The number of carboxylic acid groups (broad SMARTS) is 1. The first-order valence-electron chi connectivity index (χ1n) is 6.37. The molecule has 1 aromatic heterocycles. The molecule has 0 atom stereocenters. The zero-order chi connectivity index (χ0) is 14.7. The number of aryl methyl sites for hydroxylation is 1. The summed E-state index contributed by atoms with van der Waals surface area (Å²) in [7, 11) is 0. The van der Waals surface area contributed by atoms with Crippen LogP contribution in [0, 0.1) is 6.92 Å². The van der Waals surface area contributed by atoms with E-state index in [4.69, 9.17) is 9.52 Å². The maximum atomic E-state index is 11.1. The summed E-state index contributed by atoms with van der Waals surface area (Å²) in [5.74, 6) is -0.926. The average molecular weight is 275 g/mol.